The van der Waals surface area contributed by atoms with Crippen molar-refractivity contribution in [3.8, 4) is 11.6 Å². The SMILES string of the molecule is COc1cccc(CNCc2ccnc(-n3cccn3)c2)c1. The number of hydrogen-bond donors (Lipinski definition) is 1. The molecule has 0 aliphatic carbocycles. The second kappa shape index (κ2) is 6.87. The Labute approximate surface area is 129 Å². The largest absolute Gasteiger partial charge is 0.497 e. The summed E-state index contributed by atoms with van der Waals surface area (Å²) < 4.78 is 6.99. The highest BCUT2D eigenvalue weighted by Gasteiger charge is 2.01. The Morgan fingerprint density at radius 1 is 1.05 bits per heavy atom. The van der Waals surface area contributed by atoms with Crippen molar-refractivity contribution in [2.45, 2.75) is 13.1 Å². The van der Waals surface area contributed by atoms with Crippen molar-refractivity contribution in [2.24, 2.45) is 0 Å². The maximum atomic E-state index is 5.23. The number of nitrogens with one attached hydrogen (secondary N) is 1. The average molecular weight is 294 g/mol. The molecular formula is C17H18N4O. The highest BCUT2D eigenvalue weighted by molar-refractivity contribution is 5.29. The van der Waals surface area contributed by atoms with Crippen molar-refractivity contribution in [3.05, 3.63) is 72.2 Å². The molecular weight excluding hydrogens is 276 g/mol. The molecule has 0 spiro atoms. The summed E-state index contributed by atoms with van der Waals surface area (Å²) in [7, 11) is 1.68. The Balaban J connectivity index is 1.61. The smallest absolute Gasteiger partial charge is 0.153 e. The van der Waals surface area contributed by atoms with Crippen LogP contribution in [-0.4, -0.2) is 21.9 Å². The highest BCUT2D eigenvalue weighted by Crippen LogP contribution is 2.12. The fourth-order valence-corrected chi connectivity index (χ4v) is 2.23. The van der Waals surface area contributed by atoms with Gasteiger partial charge < -0.3 is 10.1 Å². The number of nitrogens with zero attached hydrogens (tertiary/aromatic N) is 3. The molecule has 2 heterocycles. The van der Waals surface area contributed by atoms with Crippen LogP contribution in [-0.2, 0) is 13.1 Å². The van der Waals surface area contributed by atoms with Gasteiger partial charge in [-0.15, -0.1) is 0 Å². The summed E-state index contributed by atoms with van der Waals surface area (Å²) in [5.74, 6) is 1.70. The lowest BCUT2D eigenvalue weighted by atomic mass is 10.2. The van der Waals surface area contributed by atoms with Crippen molar-refractivity contribution >= 4 is 0 Å². The lowest BCUT2D eigenvalue weighted by Crippen LogP contribution is -2.13. The molecule has 0 aliphatic rings. The van der Waals surface area contributed by atoms with Crippen LogP contribution in [0.3, 0.4) is 0 Å². The first-order valence-corrected chi connectivity index (χ1v) is 7.14. The molecule has 0 saturated carbocycles. The molecule has 0 fully saturated rings. The molecule has 1 N–H and O–H groups in total. The van der Waals surface area contributed by atoms with Crippen molar-refractivity contribution in [2.75, 3.05) is 7.11 Å². The number of rotatable bonds is 6. The second-order valence-corrected chi connectivity index (χ2v) is 4.93. The molecule has 22 heavy (non-hydrogen) atoms. The molecule has 5 nitrogen and oxygen atoms in total. The van der Waals surface area contributed by atoms with Gasteiger partial charge in [0.1, 0.15) is 5.75 Å². The van der Waals surface area contributed by atoms with Crippen LogP contribution in [0.1, 0.15) is 11.1 Å². The Hall–Kier alpha value is -2.66. The summed E-state index contributed by atoms with van der Waals surface area (Å²) in [5.41, 5.74) is 2.36. The molecule has 5 heteroatoms. The Morgan fingerprint density at radius 2 is 1.91 bits per heavy atom. The molecule has 3 aromatic rings. The average Bonchev–Trinajstić information content (AvgIpc) is 3.10. The second-order valence-electron chi connectivity index (χ2n) is 4.93. The lowest BCUT2D eigenvalue weighted by molar-refractivity contribution is 0.414. The van der Waals surface area contributed by atoms with E-state index >= 15 is 0 Å². The van der Waals surface area contributed by atoms with E-state index in [1.807, 2.05) is 42.6 Å². The van der Waals surface area contributed by atoms with Crippen LogP contribution in [0.15, 0.2) is 61.1 Å². The zero-order valence-corrected chi connectivity index (χ0v) is 12.4. The minimum atomic E-state index is 0.772. The zero-order valence-electron chi connectivity index (χ0n) is 12.4. The standard InChI is InChI=1S/C17H18N4O/c1-22-16-5-2-4-14(10-16)12-18-13-15-6-8-19-17(11-15)21-9-3-7-20-21/h2-11,18H,12-13H2,1H3. The van der Waals surface area contributed by atoms with E-state index in [0.717, 1.165) is 24.7 Å². The number of methoxy groups -OCH3 is 1. The fraction of sp³-hybridized carbons (Fsp3) is 0.176. The monoisotopic (exact) mass is 294 g/mol. The van der Waals surface area contributed by atoms with Crippen molar-refractivity contribution in [1.82, 2.24) is 20.1 Å². The van der Waals surface area contributed by atoms with Crippen LogP contribution >= 0.6 is 0 Å². The topological polar surface area (TPSA) is 52.0 Å². The molecule has 112 valence electrons. The van der Waals surface area contributed by atoms with Crippen molar-refractivity contribution < 1.29 is 4.74 Å². The van der Waals surface area contributed by atoms with E-state index in [2.05, 4.69) is 21.5 Å². The molecule has 0 bridgehead atoms. The van der Waals surface area contributed by atoms with Crippen LogP contribution in [0.25, 0.3) is 5.82 Å². The molecule has 0 unspecified atom stereocenters. The summed E-state index contributed by atoms with van der Waals surface area (Å²) in [6.07, 6.45) is 5.44. The van der Waals surface area contributed by atoms with Crippen LogP contribution in [0.4, 0.5) is 0 Å². The van der Waals surface area contributed by atoms with E-state index in [0.29, 0.717) is 0 Å². The molecule has 0 amide bonds. The van der Waals surface area contributed by atoms with Gasteiger partial charge in [0.15, 0.2) is 5.82 Å². The van der Waals surface area contributed by atoms with E-state index in [4.69, 9.17) is 4.74 Å². The van der Waals surface area contributed by atoms with Gasteiger partial charge in [-0.2, -0.15) is 5.10 Å². The summed E-state index contributed by atoms with van der Waals surface area (Å²) >= 11 is 0. The van der Waals surface area contributed by atoms with E-state index in [-0.39, 0.29) is 0 Å². The van der Waals surface area contributed by atoms with Crippen LogP contribution in [0.5, 0.6) is 5.75 Å². The number of ether oxygens (including phenoxy) is 1. The number of benzene rings is 1. The van der Waals surface area contributed by atoms with Gasteiger partial charge in [-0.25, -0.2) is 9.67 Å². The highest BCUT2D eigenvalue weighted by atomic mass is 16.5. The third kappa shape index (κ3) is 3.51. The van der Waals surface area contributed by atoms with E-state index in [1.54, 1.807) is 24.2 Å². The summed E-state index contributed by atoms with van der Waals surface area (Å²) in [6, 6.07) is 14.0. The summed E-state index contributed by atoms with van der Waals surface area (Å²) in [4.78, 5) is 4.33. The maximum Gasteiger partial charge on any atom is 0.153 e. The van der Waals surface area contributed by atoms with Gasteiger partial charge in [0.05, 0.1) is 7.11 Å². The minimum Gasteiger partial charge on any atom is -0.497 e. The van der Waals surface area contributed by atoms with Crippen molar-refractivity contribution in [1.29, 1.82) is 0 Å². The first kappa shape index (κ1) is 14.3. The molecule has 2 aromatic heterocycles. The van der Waals surface area contributed by atoms with E-state index in [9.17, 15) is 0 Å². The molecule has 0 saturated heterocycles. The van der Waals surface area contributed by atoms with Gasteiger partial charge in [-0.1, -0.05) is 12.1 Å². The van der Waals surface area contributed by atoms with Gasteiger partial charge in [0.2, 0.25) is 0 Å². The van der Waals surface area contributed by atoms with Gasteiger partial charge in [0, 0.05) is 31.7 Å². The van der Waals surface area contributed by atoms with E-state index < -0.39 is 0 Å². The number of hydrogen-bond acceptors (Lipinski definition) is 4. The fourth-order valence-electron chi connectivity index (χ4n) is 2.23. The minimum absolute atomic E-state index is 0.772. The van der Waals surface area contributed by atoms with Crippen molar-refractivity contribution in [3.63, 3.8) is 0 Å². The van der Waals surface area contributed by atoms with Gasteiger partial charge >= 0.3 is 0 Å². The number of aromatic nitrogens is 3. The normalized spacial score (nSPS) is 10.6. The van der Waals surface area contributed by atoms with Gasteiger partial charge in [-0.05, 0) is 41.5 Å². The molecule has 0 atom stereocenters. The lowest BCUT2D eigenvalue weighted by Gasteiger charge is -2.08. The molecule has 0 aliphatic heterocycles. The summed E-state index contributed by atoms with van der Waals surface area (Å²) in [6.45, 7) is 1.56. The van der Waals surface area contributed by atoms with Crippen LogP contribution in [0.2, 0.25) is 0 Å². The zero-order chi connectivity index (χ0) is 15.2. The van der Waals surface area contributed by atoms with Crippen LogP contribution < -0.4 is 10.1 Å². The van der Waals surface area contributed by atoms with Gasteiger partial charge in [0.25, 0.3) is 0 Å². The first-order valence-electron chi connectivity index (χ1n) is 7.14. The third-order valence-electron chi connectivity index (χ3n) is 3.34. The molecule has 3 rings (SSSR count). The molecule has 1 aromatic carbocycles. The number of pyridine rings is 1. The maximum absolute atomic E-state index is 5.23. The molecule has 0 radical (unpaired) electrons. The Morgan fingerprint density at radius 3 is 2.68 bits per heavy atom. The van der Waals surface area contributed by atoms with Gasteiger partial charge in [-0.3, -0.25) is 0 Å². The Bertz CT molecular complexity index is 725. The van der Waals surface area contributed by atoms with Crippen LogP contribution in [0, 0.1) is 0 Å². The first-order chi connectivity index (χ1) is 10.8. The third-order valence-corrected chi connectivity index (χ3v) is 3.34. The van der Waals surface area contributed by atoms with E-state index in [1.165, 1.54) is 11.1 Å². The quantitative estimate of drug-likeness (QED) is 0.759. The predicted molar refractivity (Wildman–Crippen MR) is 84.9 cm³/mol. The summed E-state index contributed by atoms with van der Waals surface area (Å²) in [5, 5.41) is 7.62. The predicted octanol–water partition coefficient (Wildman–Crippen LogP) is 2.57. The Kier molecular flexibility index (Phi) is 4.46.